The van der Waals surface area contributed by atoms with Crippen molar-refractivity contribution >= 4 is 6.09 Å². The molecule has 1 aliphatic carbocycles. The van der Waals surface area contributed by atoms with E-state index < -0.39 is 6.09 Å². The topological polar surface area (TPSA) is 47.6 Å². The SMILES string of the molecule is COc1cc(C)c(C#CCNC(=O)OCC2c3ccccc3-c3ccccc32)cc1C. The van der Waals surface area contributed by atoms with Gasteiger partial charge in [0.15, 0.2) is 0 Å². The highest BCUT2D eigenvalue weighted by molar-refractivity contribution is 5.79. The molecule has 0 fully saturated rings. The first-order valence-electron chi connectivity index (χ1n) is 10.3. The zero-order valence-corrected chi connectivity index (χ0v) is 18.0. The summed E-state index contributed by atoms with van der Waals surface area (Å²) in [5, 5.41) is 2.72. The number of alkyl carbamates (subject to hydrolysis) is 1. The van der Waals surface area contributed by atoms with E-state index in [1.807, 2.05) is 50.2 Å². The Balaban J connectivity index is 1.35. The Hall–Kier alpha value is -3.71. The number of carbonyl (C=O) groups is 1. The van der Waals surface area contributed by atoms with Gasteiger partial charge in [-0.2, -0.15) is 0 Å². The number of methoxy groups -OCH3 is 1. The molecule has 0 spiro atoms. The van der Waals surface area contributed by atoms with Gasteiger partial charge in [0.25, 0.3) is 0 Å². The Morgan fingerprint density at radius 1 is 0.968 bits per heavy atom. The summed E-state index contributed by atoms with van der Waals surface area (Å²) in [6.07, 6.45) is -0.459. The van der Waals surface area contributed by atoms with Gasteiger partial charge in [-0.1, -0.05) is 60.4 Å². The first kappa shape index (κ1) is 20.6. The molecule has 1 aliphatic rings. The summed E-state index contributed by atoms with van der Waals surface area (Å²) < 4.78 is 10.9. The predicted molar refractivity (Wildman–Crippen MR) is 122 cm³/mol. The third-order valence-corrected chi connectivity index (χ3v) is 5.63. The third kappa shape index (κ3) is 4.27. The lowest BCUT2D eigenvalue weighted by molar-refractivity contribution is 0.144. The maximum Gasteiger partial charge on any atom is 0.407 e. The minimum absolute atomic E-state index is 0.0501. The zero-order valence-electron chi connectivity index (χ0n) is 18.0. The van der Waals surface area contributed by atoms with Gasteiger partial charge in [0, 0.05) is 11.5 Å². The molecule has 3 aromatic carbocycles. The van der Waals surface area contributed by atoms with E-state index in [4.69, 9.17) is 9.47 Å². The molecular formula is C27H25NO3. The van der Waals surface area contributed by atoms with Crippen molar-refractivity contribution in [3.63, 3.8) is 0 Å². The van der Waals surface area contributed by atoms with Crippen LogP contribution in [-0.2, 0) is 4.74 Å². The van der Waals surface area contributed by atoms with Crippen LogP contribution in [0.4, 0.5) is 4.79 Å². The average Bonchev–Trinajstić information content (AvgIpc) is 3.11. The lowest BCUT2D eigenvalue weighted by Crippen LogP contribution is -2.26. The van der Waals surface area contributed by atoms with Crippen LogP contribution in [0.2, 0.25) is 0 Å². The van der Waals surface area contributed by atoms with Gasteiger partial charge in [0.2, 0.25) is 0 Å². The second-order valence-corrected chi connectivity index (χ2v) is 7.62. The van der Waals surface area contributed by atoms with Gasteiger partial charge in [-0.15, -0.1) is 0 Å². The number of nitrogens with one attached hydrogen (secondary N) is 1. The van der Waals surface area contributed by atoms with Gasteiger partial charge < -0.3 is 14.8 Å². The van der Waals surface area contributed by atoms with E-state index in [0.29, 0.717) is 6.61 Å². The average molecular weight is 412 g/mol. The summed E-state index contributed by atoms with van der Waals surface area (Å²) in [5.74, 6) is 7.00. The molecular weight excluding hydrogens is 386 g/mol. The van der Waals surface area contributed by atoms with Gasteiger partial charge in [-0.05, 0) is 59.4 Å². The molecule has 0 unspecified atom stereocenters. The van der Waals surface area contributed by atoms with Crippen LogP contribution < -0.4 is 10.1 Å². The van der Waals surface area contributed by atoms with Gasteiger partial charge >= 0.3 is 6.09 Å². The predicted octanol–water partition coefficient (Wildman–Crippen LogP) is 5.20. The van der Waals surface area contributed by atoms with Crippen molar-refractivity contribution in [3.8, 4) is 28.7 Å². The Labute approximate surface area is 183 Å². The Kier molecular flexibility index (Phi) is 5.95. The number of hydrogen-bond donors (Lipinski definition) is 1. The number of rotatable bonds is 4. The van der Waals surface area contributed by atoms with Crippen LogP contribution in [-0.4, -0.2) is 26.4 Å². The van der Waals surface area contributed by atoms with Gasteiger partial charge in [-0.25, -0.2) is 4.79 Å². The van der Waals surface area contributed by atoms with Crippen LogP contribution in [0.1, 0.15) is 33.7 Å². The standard InChI is InChI=1S/C27H25NO3/c1-18-16-26(30-3)19(2)15-20(18)9-8-14-28-27(29)31-17-25-23-12-6-4-10-21(23)22-11-5-7-13-24(22)25/h4-7,10-13,15-16,25H,14,17H2,1-3H3,(H,28,29). The molecule has 0 aliphatic heterocycles. The van der Waals surface area contributed by atoms with Crippen molar-refractivity contribution in [2.45, 2.75) is 19.8 Å². The van der Waals surface area contributed by atoms with Crippen LogP contribution >= 0.6 is 0 Å². The largest absolute Gasteiger partial charge is 0.496 e. The quantitative estimate of drug-likeness (QED) is 0.600. The summed E-state index contributed by atoms with van der Waals surface area (Å²) in [7, 11) is 1.66. The second kappa shape index (κ2) is 8.97. The molecule has 0 heterocycles. The number of fused-ring (bicyclic) bond motifs is 3. The van der Waals surface area contributed by atoms with E-state index in [1.165, 1.54) is 22.3 Å². The van der Waals surface area contributed by atoms with Crippen molar-refractivity contribution in [2.75, 3.05) is 20.3 Å². The Morgan fingerprint density at radius 3 is 2.26 bits per heavy atom. The summed E-state index contributed by atoms with van der Waals surface area (Å²) in [6.45, 7) is 4.49. The van der Waals surface area contributed by atoms with E-state index in [2.05, 4.69) is 41.4 Å². The van der Waals surface area contributed by atoms with E-state index in [0.717, 1.165) is 22.4 Å². The first-order valence-corrected chi connectivity index (χ1v) is 10.3. The molecule has 31 heavy (non-hydrogen) atoms. The third-order valence-electron chi connectivity index (χ3n) is 5.63. The Bertz CT molecular complexity index is 1140. The number of hydrogen-bond acceptors (Lipinski definition) is 3. The summed E-state index contributed by atoms with van der Waals surface area (Å²) >= 11 is 0. The molecule has 0 saturated carbocycles. The second-order valence-electron chi connectivity index (χ2n) is 7.62. The minimum Gasteiger partial charge on any atom is -0.496 e. The smallest absolute Gasteiger partial charge is 0.407 e. The van der Waals surface area contributed by atoms with Crippen LogP contribution in [0.5, 0.6) is 5.75 Å². The van der Waals surface area contributed by atoms with E-state index in [9.17, 15) is 4.79 Å². The monoisotopic (exact) mass is 411 g/mol. The summed E-state index contributed by atoms with van der Waals surface area (Å²) in [6, 6.07) is 20.5. The molecule has 0 saturated heterocycles. The van der Waals surface area contributed by atoms with E-state index in [1.54, 1.807) is 7.11 Å². The van der Waals surface area contributed by atoms with Crippen molar-refractivity contribution in [2.24, 2.45) is 0 Å². The highest BCUT2D eigenvalue weighted by Crippen LogP contribution is 2.44. The molecule has 1 amide bonds. The summed E-state index contributed by atoms with van der Waals surface area (Å²) in [5.41, 5.74) is 7.81. The fourth-order valence-electron chi connectivity index (χ4n) is 4.05. The molecule has 3 aromatic rings. The maximum atomic E-state index is 12.2. The van der Waals surface area contributed by atoms with E-state index >= 15 is 0 Å². The molecule has 0 bridgehead atoms. The molecule has 4 rings (SSSR count). The van der Waals surface area contributed by atoms with Gasteiger partial charge in [0.1, 0.15) is 12.4 Å². The molecule has 0 atom stereocenters. The fraction of sp³-hybridized carbons (Fsp3) is 0.222. The maximum absolute atomic E-state index is 12.2. The van der Waals surface area contributed by atoms with Crippen LogP contribution in [0.3, 0.4) is 0 Å². The number of carbonyl (C=O) groups excluding carboxylic acids is 1. The first-order chi connectivity index (χ1) is 15.1. The molecule has 0 aromatic heterocycles. The normalized spacial score (nSPS) is 11.7. The number of aryl methyl sites for hydroxylation is 2. The summed E-state index contributed by atoms with van der Waals surface area (Å²) in [4.78, 5) is 12.2. The number of amides is 1. The fourth-order valence-corrected chi connectivity index (χ4v) is 4.05. The number of ether oxygens (including phenoxy) is 2. The zero-order chi connectivity index (χ0) is 21.8. The number of benzene rings is 3. The van der Waals surface area contributed by atoms with Crippen molar-refractivity contribution in [3.05, 3.63) is 88.5 Å². The van der Waals surface area contributed by atoms with Crippen LogP contribution in [0.15, 0.2) is 60.7 Å². The lowest BCUT2D eigenvalue weighted by atomic mass is 9.98. The van der Waals surface area contributed by atoms with Gasteiger partial charge in [0.05, 0.1) is 13.7 Å². The molecule has 0 radical (unpaired) electrons. The van der Waals surface area contributed by atoms with E-state index in [-0.39, 0.29) is 12.5 Å². The lowest BCUT2D eigenvalue weighted by Gasteiger charge is -2.14. The molecule has 1 N–H and O–H groups in total. The van der Waals surface area contributed by atoms with Gasteiger partial charge in [-0.3, -0.25) is 0 Å². The molecule has 156 valence electrons. The highest BCUT2D eigenvalue weighted by Gasteiger charge is 2.28. The molecule has 4 nitrogen and oxygen atoms in total. The van der Waals surface area contributed by atoms with Crippen LogP contribution in [0, 0.1) is 25.7 Å². The minimum atomic E-state index is -0.459. The Morgan fingerprint density at radius 2 is 1.61 bits per heavy atom. The molecule has 4 heteroatoms. The van der Waals surface area contributed by atoms with Crippen LogP contribution in [0.25, 0.3) is 11.1 Å². The van der Waals surface area contributed by atoms with Crippen molar-refractivity contribution in [1.82, 2.24) is 5.32 Å². The van der Waals surface area contributed by atoms with Crippen molar-refractivity contribution in [1.29, 1.82) is 0 Å². The van der Waals surface area contributed by atoms with Crippen molar-refractivity contribution < 1.29 is 14.3 Å². The highest BCUT2D eigenvalue weighted by atomic mass is 16.5.